The zero-order valence-electron chi connectivity index (χ0n) is 21.3. The Morgan fingerprint density at radius 3 is 2.66 bits per heavy atom. The van der Waals surface area contributed by atoms with Gasteiger partial charge in [-0.3, -0.25) is 9.36 Å². The second-order valence-corrected chi connectivity index (χ2v) is 8.69. The van der Waals surface area contributed by atoms with Crippen LogP contribution in [-0.4, -0.2) is 76.3 Å². The van der Waals surface area contributed by atoms with E-state index in [9.17, 15) is 19.4 Å². The minimum absolute atomic E-state index is 0.0261. The Hall–Kier alpha value is -4.38. The number of aromatic nitrogens is 3. The van der Waals surface area contributed by atoms with Crippen LogP contribution in [0.25, 0.3) is 11.4 Å². The minimum atomic E-state index is -1.44. The number of methoxy groups -OCH3 is 1. The predicted molar refractivity (Wildman–Crippen MR) is 139 cm³/mol. The zero-order valence-corrected chi connectivity index (χ0v) is 21.3. The molecule has 0 bridgehead atoms. The van der Waals surface area contributed by atoms with Crippen LogP contribution in [0.15, 0.2) is 60.7 Å². The number of hydrogen-bond donors (Lipinski definition) is 3. The van der Waals surface area contributed by atoms with Crippen LogP contribution < -0.4 is 14.8 Å². The summed E-state index contributed by atoms with van der Waals surface area (Å²) in [6, 6.07) is 8.68. The molecule has 2 aromatic carbocycles. The third kappa shape index (κ3) is 5.47. The number of nitrogens with zero attached hydrogens (tertiary/aromatic N) is 4. The molecule has 1 aliphatic carbocycles. The van der Waals surface area contributed by atoms with E-state index in [1.165, 1.54) is 34.8 Å². The molecule has 1 heterocycles. The zero-order chi connectivity index (χ0) is 27.2. The maximum Gasteiger partial charge on any atom is 0.315 e. The van der Waals surface area contributed by atoms with Crippen LogP contribution in [0.4, 0.5) is 4.39 Å². The molecule has 2 atom stereocenters. The van der Waals surface area contributed by atoms with Crippen molar-refractivity contribution in [3.05, 3.63) is 71.8 Å². The van der Waals surface area contributed by atoms with E-state index < -0.39 is 24.1 Å². The molecule has 4 rings (SSSR count). The molecule has 0 spiro atoms. The Kier molecular flexibility index (Phi) is 8.27. The van der Waals surface area contributed by atoms with Crippen molar-refractivity contribution < 1.29 is 28.9 Å². The monoisotopic (exact) mass is 523 g/mol. The summed E-state index contributed by atoms with van der Waals surface area (Å²) in [6.07, 6.45) is 4.71. The summed E-state index contributed by atoms with van der Waals surface area (Å²) in [5.41, 5.74) is 1.02. The summed E-state index contributed by atoms with van der Waals surface area (Å²) in [4.78, 5) is 14.9. The standard InChI is InChI=1S/C27H30FN5O5/c1-29-12-13-38-23-11-7-4-8-17(23)16-32(2)26(35)18-14-19(24(37-3)15-22(18)34)25-30-31-27(36)33(25)21-10-6-5-9-20(21)28/h4-11,14-15,20-21,29,34H,12-13,16H2,1-3H3,(H,31,36). The van der Waals surface area contributed by atoms with Crippen molar-refractivity contribution in [2.24, 2.45) is 0 Å². The second-order valence-electron chi connectivity index (χ2n) is 8.69. The number of carbonyl (C=O) groups excluding carboxylic acids is 1. The van der Waals surface area contributed by atoms with E-state index in [4.69, 9.17) is 9.47 Å². The lowest BCUT2D eigenvalue weighted by atomic mass is 10.0. The molecule has 200 valence electrons. The van der Waals surface area contributed by atoms with Crippen molar-refractivity contribution in [2.75, 3.05) is 34.4 Å². The van der Waals surface area contributed by atoms with E-state index in [-0.39, 0.29) is 35.0 Å². The first-order valence-electron chi connectivity index (χ1n) is 12.0. The molecule has 38 heavy (non-hydrogen) atoms. The number of nitrogens with one attached hydrogen (secondary N) is 1. The van der Waals surface area contributed by atoms with Crippen LogP contribution in [0.1, 0.15) is 22.0 Å². The molecule has 0 saturated heterocycles. The summed E-state index contributed by atoms with van der Waals surface area (Å²) in [6.45, 7) is 1.35. The summed E-state index contributed by atoms with van der Waals surface area (Å²) in [5, 5.41) is 31.9. The number of carbonyl (C=O) groups is 1. The number of hydrogen-bond acceptors (Lipinski definition) is 8. The maximum atomic E-state index is 14.7. The Bertz CT molecular complexity index is 1360. The molecule has 3 aromatic rings. The number of ether oxygens (including phenoxy) is 2. The largest absolute Gasteiger partial charge is 0.507 e. The third-order valence-corrected chi connectivity index (χ3v) is 6.14. The lowest BCUT2D eigenvalue weighted by molar-refractivity contribution is 0.0781. The SMILES string of the molecule is CNCCOc1ccccc1CN(C)C(=O)c1cc(-c2nnc(O)n2C2C=CC=CC2F)c(OC)cc1O. The number of aromatic hydroxyl groups is 2. The lowest BCUT2D eigenvalue weighted by Gasteiger charge is -2.23. The highest BCUT2D eigenvalue weighted by Gasteiger charge is 2.29. The number of amides is 1. The van der Waals surface area contributed by atoms with Crippen molar-refractivity contribution in [1.82, 2.24) is 25.0 Å². The number of benzene rings is 2. The van der Waals surface area contributed by atoms with Gasteiger partial charge in [0.1, 0.15) is 30.0 Å². The number of alkyl halides is 1. The average molecular weight is 524 g/mol. The van der Waals surface area contributed by atoms with Gasteiger partial charge < -0.3 is 29.9 Å². The second kappa shape index (κ2) is 11.8. The lowest BCUT2D eigenvalue weighted by Crippen LogP contribution is -2.27. The van der Waals surface area contributed by atoms with E-state index in [1.54, 1.807) is 25.3 Å². The van der Waals surface area contributed by atoms with Crippen LogP contribution >= 0.6 is 0 Å². The van der Waals surface area contributed by atoms with Gasteiger partial charge in [0.25, 0.3) is 5.91 Å². The molecule has 11 heteroatoms. The number of halogens is 1. The van der Waals surface area contributed by atoms with Gasteiger partial charge in [0.05, 0.1) is 24.3 Å². The third-order valence-electron chi connectivity index (χ3n) is 6.14. The minimum Gasteiger partial charge on any atom is -0.507 e. The van der Waals surface area contributed by atoms with Crippen molar-refractivity contribution in [1.29, 1.82) is 0 Å². The van der Waals surface area contributed by atoms with Crippen LogP contribution in [0.5, 0.6) is 23.3 Å². The van der Waals surface area contributed by atoms with E-state index in [0.29, 0.717) is 18.9 Å². The van der Waals surface area contributed by atoms with E-state index >= 15 is 0 Å². The summed E-state index contributed by atoms with van der Waals surface area (Å²) < 4.78 is 27.2. The summed E-state index contributed by atoms with van der Waals surface area (Å²) in [5.74, 6) is 0.119. The van der Waals surface area contributed by atoms with Gasteiger partial charge in [-0.05, 0) is 25.3 Å². The molecule has 1 amide bonds. The summed E-state index contributed by atoms with van der Waals surface area (Å²) in [7, 11) is 4.83. The van der Waals surface area contributed by atoms with Crippen molar-refractivity contribution in [3.63, 3.8) is 0 Å². The molecule has 10 nitrogen and oxygen atoms in total. The Morgan fingerprint density at radius 1 is 1.16 bits per heavy atom. The van der Waals surface area contributed by atoms with Gasteiger partial charge in [0.15, 0.2) is 5.82 Å². The molecule has 0 radical (unpaired) electrons. The first-order chi connectivity index (χ1) is 18.3. The topological polar surface area (TPSA) is 122 Å². The van der Waals surface area contributed by atoms with E-state index in [1.807, 2.05) is 31.3 Å². The average Bonchev–Trinajstić information content (AvgIpc) is 3.30. The number of likely N-dealkylation sites (N-methyl/N-ethyl adjacent to an activating group) is 1. The number of para-hydroxylation sites is 1. The molecule has 0 saturated carbocycles. The first-order valence-corrected chi connectivity index (χ1v) is 12.0. The van der Waals surface area contributed by atoms with Gasteiger partial charge >= 0.3 is 6.01 Å². The Balaban J connectivity index is 1.67. The molecule has 2 unspecified atom stereocenters. The molecular formula is C27H30FN5O5. The van der Waals surface area contributed by atoms with Gasteiger partial charge in [-0.1, -0.05) is 41.5 Å². The molecule has 1 aliphatic rings. The number of rotatable bonds is 10. The molecule has 1 aromatic heterocycles. The van der Waals surface area contributed by atoms with Crippen molar-refractivity contribution in [3.8, 4) is 34.6 Å². The normalized spacial score (nSPS) is 16.4. The first kappa shape index (κ1) is 26.7. The number of phenols is 1. The van der Waals surface area contributed by atoms with Crippen molar-refractivity contribution in [2.45, 2.75) is 18.8 Å². The highest BCUT2D eigenvalue weighted by atomic mass is 19.1. The number of allylic oxidation sites excluding steroid dienone is 4. The van der Waals surface area contributed by atoms with Gasteiger partial charge in [-0.25, -0.2) is 4.39 Å². The highest BCUT2D eigenvalue weighted by Crippen LogP contribution is 2.39. The molecule has 3 N–H and O–H groups in total. The number of phenolic OH excluding ortho intramolecular Hbond substituents is 1. The van der Waals surface area contributed by atoms with Gasteiger partial charge in [-0.2, -0.15) is 0 Å². The highest BCUT2D eigenvalue weighted by molar-refractivity contribution is 5.98. The Labute approximate surface area is 219 Å². The van der Waals surface area contributed by atoms with Crippen molar-refractivity contribution >= 4 is 5.91 Å². The molecule has 0 aliphatic heterocycles. The van der Waals surface area contributed by atoms with E-state index in [0.717, 1.165) is 5.56 Å². The van der Waals surface area contributed by atoms with Gasteiger partial charge in [0.2, 0.25) is 0 Å². The molecular weight excluding hydrogens is 493 g/mol. The van der Waals surface area contributed by atoms with Gasteiger partial charge in [0, 0.05) is 31.8 Å². The maximum absolute atomic E-state index is 14.7. The Morgan fingerprint density at radius 2 is 1.92 bits per heavy atom. The van der Waals surface area contributed by atoms with Crippen LogP contribution in [0.2, 0.25) is 0 Å². The fourth-order valence-electron chi connectivity index (χ4n) is 4.19. The fourth-order valence-corrected chi connectivity index (χ4v) is 4.19. The summed E-state index contributed by atoms with van der Waals surface area (Å²) >= 11 is 0. The van der Waals surface area contributed by atoms with Gasteiger partial charge in [-0.15, -0.1) is 5.10 Å². The van der Waals surface area contributed by atoms with Crippen LogP contribution in [0, 0.1) is 0 Å². The van der Waals surface area contributed by atoms with Crippen LogP contribution in [-0.2, 0) is 6.54 Å². The quantitative estimate of drug-likeness (QED) is 0.346. The predicted octanol–water partition coefficient (Wildman–Crippen LogP) is 3.24. The fraction of sp³-hybridized carbons (Fsp3) is 0.296. The molecule has 0 fully saturated rings. The smallest absolute Gasteiger partial charge is 0.315 e. The van der Waals surface area contributed by atoms with E-state index in [2.05, 4.69) is 15.5 Å². The van der Waals surface area contributed by atoms with Crippen LogP contribution in [0.3, 0.4) is 0 Å².